The lowest BCUT2D eigenvalue weighted by molar-refractivity contribution is 0.0697. The number of rotatable bonds is 4. The Hall–Kier alpha value is -3.31. The van der Waals surface area contributed by atoms with Crippen molar-refractivity contribution in [3.8, 4) is 23.0 Å². The highest BCUT2D eigenvalue weighted by atomic mass is 35.5. The van der Waals surface area contributed by atoms with Crippen molar-refractivity contribution in [2.45, 2.75) is 0 Å². The zero-order valence-electron chi connectivity index (χ0n) is 13.3. The van der Waals surface area contributed by atoms with E-state index in [0.29, 0.717) is 39.1 Å². The summed E-state index contributed by atoms with van der Waals surface area (Å²) in [7, 11) is 0. The van der Waals surface area contributed by atoms with Crippen molar-refractivity contribution < 1.29 is 19.1 Å². The van der Waals surface area contributed by atoms with Crippen molar-refractivity contribution >= 4 is 28.7 Å². The molecule has 26 heavy (non-hydrogen) atoms. The molecule has 5 nitrogen and oxygen atoms in total. The first-order valence-corrected chi connectivity index (χ1v) is 8.14. The number of carboxylic acids is 1. The first-order valence-electron chi connectivity index (χ1n) is 7.76. The van der Waals surface area contributed by atoms with Crippen molar-refractivity contribution in [2.24, 2.45) is 0 Å². The molecule has 0 unspecified atom stereocenters. The van der Waals surface area contributed by atoms with E-state index in [1.54, 1.807) is 54.6 Å². The maximum atomic E-state index is 10.9. The molecule has 0 bridgehead atoms. The molecule has 1 heterocycles. The van der Waals surface area contributed by atoms with Crippen LogP contribution in [-0.2, 0) is 0 Å². The number of nitrogens with zero attached hydrogens (tertiary/aromatic N) is 1. The fourth-order valence-corrected chi connectivity index (χ4v) is 2.61. The molecule has 0 aliphatic carbocycles. The second-order valence-electron chi connectivity index (χ2n) is 5.59. The minimum Gasteiger partial charge on any atom is -0.478 e. The van der Waals surface area contributed by atoms with Gasteiger partial charge in [-0.15, -0.1) is 0 Å². The van der Waals surface area contributed by atoms with Crippen molar-refractivity contribution in [2.75, 3.05) is 0 Å². The molecule has 0 aliphatic heterocycles. The molecule has 0 atom stereocenters. The molecule has 0 saturated carbocycles. The summed E-state index contributed by atoms with van der Waals surface area (Å²) in [5.41, 5.74) is 2.18. The second-order valence-corrected chi connectivity index (χ2v) is 6.02. The smallest absolute Gasteiger partial charge is 0.335 e. The van der Waals surface area contributed by atoms with Gasteiger partial charge in [0.15, 0.2) is 5.58 Å². The van der Waals surface area contributed by atoms with Gasteiger partial charge < -0.3 is 14.3 Å². The van der Waals surface area contributed by atoms with Gasteiger partial charge in [-0.3, -0.25) is 0 Å². The van der Waals surface area contributed by atoms with Crippen LogP contribution in [0.25, 0.3) is 22.6 Å². The number of fused-ring (bicyclic) bond motifs is 1. The molecule has 4 aromatic rings. The first-order chi connectivity index (χ1) is 12.6. The van der Waals surface area contributed by atoms with E-state index in [1.807, 2.05) is 0 Å². The molecular weight excluding hydrogens is 354 g/mol. The van der Waals surface area contributed by atoms with Gasteiger partial charge in [-0.1, -0.05) is 11.6 Å². The van der Waals surface area contributed by atoms with E-state index in [2.05, 4.69) is 4.98 Å². The number of ether oxygens (including phenoxy) is 1. The number of halogens is 1. The minimum atomic E-state index is -0.974. The zero-order valence-corrected chi connectivity index (χ0v) is 14.1. The van der Waals surface area contributed by atoms with Crippen LogP contribution < -0.4 is 4.74 Å². The van der Waals surface area contributed by atoms with Crippen LogP contribution in [0.4, 0.5) is 0 Å². The number of oxazole rings is 1. The van der Waals surface area contributed by atoms with Gasteiger partial charge in [-0.05, 0) is 60.7 Å². The van der Waals surface area contributed by atoms with Gasteiger partial charge in [0.2, 0.25) is 5.89 Å². The van der Waals surface area contributed by atoms with E-state index < -0.39 is 5.97 Å². The third-order valence-electron chi connectivity index (χ3n) is 3.79. The highest BCUT2D eigenvalue weighted by molar-refractivity contribution is 6.30. The Morgan fingerprint density at radius 1 is 0.962 bits per heavy atom. The van der Waals surface area contributed by atoms with Crippen LogP contribution >= 0.6 is 11.6 Å². The molecule has 3 aromatic carbocycles. The predicted octanol–water partition coefficient (Wildman–Crippen LogP) is 5.64. The molecule has 0 radical (unpaired) electrons. The average molecular weight is 366 g/mol. The number of carbonyl (C=O) groups is 1. The summed E-state index contributed by atoms with van der Waals surface area (Å²) in [6, 6.07) is 18.8. The third-order valence-corrected chi connectivity index (χ3v) is 4.04. The molecular formula is C20H12ClNO4. The molecule has 0 fully saturated rings. The number of carboxylic acid groups (broad SMARTS) is 1. The van der Waals surface area contributed by atoms with Gasteiger partial charge in [0.1, 0.15) is 17.0 Å². The van der Waals surface area contributed by atoms with Crippen LogP contribution in [0.1, 0.15) is 10.4 Å². The standard InChI is InChI=1S/C20H12ClNO4/c21-14-5-7-15(8-6-14)25-16-9-10-17-18(11-16)26-19(22-17)12-1-3-13(4-2-12)20(23)24/h1-11H,(H,23,24). The lowest BCUT2D eigenvalue weighted by Gasteiger charge is -2.04. The number of hydrogen-bond acceptors (Lipinski definition) is 4. The van der Waals surface area contributed by atoms with Crippen LogP contribution in [-0.4, -0.2) is 16.1 Å². The molecule has 4 rings (SSSR count). The summed E-state index contributed by atoms with van der Waals surface area (Å²) < 4.78 is 11.6. The molecule has 1 N–H and O–H groups in total. The van der Waals surface area contributed by atoms with E-state index in [4.69, 9.17) is 25.9 Å². The Morgan fingerprint density at radius 2 is 1.65 bits per heavy atom. The molecule has 0 amide bonds. The summed E-state index contributed by atoms with van der Waals surface area (Å²) in [5.74, 6) is 0.722. The Kier molecular flexibility index (Phi) is 4.07. The van der Waals surface area contributed by atoms with E-state index in [9.17, 15) is 4.79 Å². The fraction of sp³-hybridized carbons (Fsp3) is 0. The zero-order chi connectivity index (χ0) is 18.1. The Bertz CT molecular complexity index is 1090. The van der Waals surface area contributed by atoms with Crippen molar-refractivity contribution in [3.63, 3.8) is 0 Å². The largest absolute Gasteiger partial charge is 0.478 e. The lowest BCUT2D eigenvalue weighted by atomic mass is 10.1. The van der Waals surface area contributed by atoms with Gasteiger partial charge >= 0.3 is 5.97 Å². The summed E-state index contributed by atoms with van der Waals surface area (Å²) in [5, 5.41) is 9.61. The first kappa shape index (κ1) is 16.2. The average Bonchev–Trinajstić information content (AvgIpc) is 3.07. The van der Waals surface area contributed by atoms with Crippen LogP contribution in [0.15, 0.2) is 71.1 Å². The molecule has 1 aromatic heterocycles. The topological polar surface area (TPSA) is 72.6 Å². The summed E-state index contributed by atoms with van der Waals surface area (Å²) >= 11 is 5.87. The van der Waals surface area contributed by atoms with E-state index in [0.717, 1.165) is 0 Å². The van der Waals surface area contributed by atoms with Crippen molar-refractivity contribution in [1.29, 1.82) is 0 Å². The van der Waals surface area contributed by atoms with Gasteiger partial charge in [-0.2, -0.15) is 0 Å². The van der Waals surface area contributed by atoms with Gasteiger partial charge in [0, 0.05) is 16.7 Å². The van der Waals surface area contributed by atoms with Gasteiger partial charge in [0.05, 0.1) is 5.56 Å². The number of aromatic carboxylic acids is 1. The van der Waals surface area contributed by atoms with E-state index in [-0.39, 0.29) is 5.56 Å². The summed E-state index contributed by atoms with van der Waals surface area (Å²) in [4.78, 5) is 15.4. The van der Waals surface area contributed by atoms with Crippen molar-refractivity contribution in [1.82, 2.24) is 4.98 Å². The Labute approximate surface area is 153 Å². The third kappa shape index (κ3) is 3.25. The maximum Gasteiger partial charge on any atom is 0.335 e. The Morgan fingerprint density at radius 3 is 2.35 bits per heavy atom. The molecule has 0 saturated heterocycles. The highest BCUT2D eigenvalue weighted by Gasteiger charge is 2.11. The normalized spacial score (nSPS) is 10.8. The van der Waals surface area contributed by atoms with Gasteiger partial charge in [-0.25, -0.2) is 9.78 Å². The van der Waals surface area contributed by atoms with Crippen LogP contribution in [0.5, 0.6) is 11.5 Å². The Balaban J connectivity index is 1.63. The summed E-state index contributed by atoms with van der Waals surface area (Å²) in [6.45, 7) is 0. The van der Waals surface area contributed by atoms with Gasteiger partial charge in [0.25, 0.3) is 0 Å². The molecule has 0 aliphatic rings. The number of aromatic nitrogens is 1. The van der Waals surface area contributed by atoms with E-state index in [1.165, 1.54) is 12.1 Å². The van der Waals surface area contributed by atoms with Crippen molar-refractivity contribution in [3.05, 3.63) is 77.3 Å². The molecule has 128 valence electrons. The summed E-state index contributed by atoms with van der Waals surface area (Å²) in [6.07, 6.45) is 0. The quantitative estimate of drug-likeness (QED) is 0.506. The van der Waals surface area contributed by atoms with Crippen LogP contribution in [0.3, 0.4) is 0 Å². The van der Waals surface area contributed by atoms with Crippen LogP contribution in [0.2, 0.25) is 5.02 Å². The maximum absolute atomic E-state index is 10.9. The monoisotopic (exact) mass is 365 g/mol. The highest BCUT2D eigenvalue weighted by Crippen LogP contribution is 2.29. The number of benzene rings is 3. The predicted molar refractivity (Wildman–Crippen MR) is 97.9 cm³/mol. The lowest BCUT2D eigenvalue weighted by Crippen LogP contribution is -1.94. The molecule has 6 heteroatoms. The van der Waals surface area contributed by atoms with E-state index >= 15 is 0 Å². The fourth-order valence-electron chi connectivity index (χ4n) is 2.49. The number of hydrogen-bond donors (Lipinski definition) is 1. The minimum absolute atomic E-state index is 0.212. The van der Waals surface area contributed by atoms with Crippen LogP contribution in [0, 0.1) is 0 Å². The SMILES string of the molecule is O=C(O)c1ccc(-c2nc3ccc(Oc4ccc(Cl)cc4)cc3o2)cc1. The molecule has 0 spiro atoms. The second kappa shape index (κ2) is 6.54.